The van der Waals surface area contributed by atoms with Crippen LogP contribution in [0.2, 0.25) is 0 Å². The second-order valence-corrected chi connectivity index (χ2v) is 7.83. The monoisotopic (exact) mass is 408 g/mol. The minimum Gasteiger partial charge on any atom is -0.490 e. The van der Waals surface area contributed by atoms with Gasteiger partial charge in [0.1, 0.15) is 17.1 Å². The van der Waals surface area contributed by atoms with Gasteiger partial charge in [-0.1, -0.05) is 24.3 Å². The molecule has 1 N–H and O–H groups in total. The molecule has 1 atom stereocenters. The molecule has 6 heteroatoms. The van der Waals surface area contributed by atoms with Crippen LogP contribution >= 0.6 is 0 Å². The SMILES string of the molecule is C=CC(C)(O)CCCn1cc2cc(C(=O)Oc3ccccc3)c(OC(C)C)cc2n1. The van der Waals surface area contributed by atoms with Gasteiger partial charge < -0.3 is 14.6 Å². The van der Waals surface area contributed by atoms with E-state index in [0.29, 0.717) is 30.0 Å². The van der Waals surface area contributed by atoms with Gasteiger partial charge in [-0.05, 0) is 51.8 Å². The van der Waals surface area contributed by atoms with E-state index in [2.05, 4.69) is 11.7 Å². The van der Waals surface area contributed by atoms with Crippen molar-refractivity contribution in [3.8, 4) is 11.5 Å². The molecule has 158 valence electrons. The van der Waals surface area contributed by atoms with Gasteiger partial charge in [-0.15, -0.1) is 6.58 Å². The predicted molar refractivity (Wildman–Crippen MR) is 117 cm³/mol. The highest BCUT2D eigenvalue weighted by Gasteiger charge is 2.19. The quantitative estimate of drug-likeness (QED) is 0.314. The summed E-state index contributed by atoms with van der Waals surface area (Å²) in [6.45, 7) is 9.84. The Morgan fingerprint density at radius 3 is 2.70 bits per heavy atom. The van der Waals surface area contributed by atoms with Crippen molar-refractivity contribution in [3.63, 3.8) is 0 Å². The number of ether oxygens (including phenoxy) is 2. The van der Waals surface area contributed by atoms with Crippen molar-refractivity contribution >= 4 is 16.9 Å². The molecule has 0 aliphatic rings. The van der Waals surface area contributed by atoms with Gasteiger partial charge in [0.25, 0.3) is 0 Å². The zero-order valence-electron chi connectivity index (χ0n) is 17.7. The number of esters is 1. The number of benzene rings is 2. The van der Waals surface area contributed by atoms with E-state index in [4.69, 9.17) is 9.47 Å². The highest BCUT2D eigenvalue weighted by atomic mass is 16.5. The van der Waals surface area contributed by atoms with E-state index < -0.39 is 11.6 Å². The number of nitrogens with zero attached hydrogens (tertiary/aromatic N) is 2. The third-order valence-corrected chi connectivity index (χ3v) is 4.70. The highest BCUT2D eigenvalue weighted by Crippen LogP contribution is 2.28. The molecule has 0 bridgehead atoms. The maximum Gasteiger partial charge on any atom is 0.347 e. The van der Waals surface area contributed by atoms with Crippen LogP contribution in [0, 0.1) is 0 Å². The van der Waals surface area contributed by atoms with Crippen LogP contribution in [0.4, 0.5) is 0 Å². The van der Waals surface area contributed by atoms with Crippen LogP contribution in [0.1, 0.15) is 44.0 Å². The number of aliphatic hydroxyl groups is 1. The van der Waals surface area contributed by atoms with Gasteiger partial charge in [0.2, 0.25) is 0 Å². The summed E-state index contributed by atoms with van der Waals surface area (Å²) in [5.74, 6) is 0.440. The van der Waals surface area contributed by atoms with Crippen LogP contribution in [0.3, 0.4) is 0 Å². The van der Waals surface area contributed by atoms with E-state index in [9.17, 15) is 9.90 Å². The fourth-order valence-electron chi connectivity index (χ4n) is 3.08. The maximum absolute atomic E-state index is 12.8. The molecule has 1 heterocycles. The summed E-state index contributed by atoms with van der Waals surface area (Å²) < 4.78 is 13.2. The molecular formula is C24H28N2O4. The highest BCUT2D eigenvalue weighted by molar-refractivity contribution is 5.98. The van der Waals surface area contributed by atoms with Crippen LogP contribution < -0.4 is 9.47 Å². The number of fused-ring (bicyclic) bond motifs is 1. The van der Waals surface area contributed by atoms with Crippen molar-refractivity contribution in [2.75, 3.05) is 0 Å². The zero-order chi connectivity index (χ0) is 21.7. The number of hydrogen-bond acceptors (Lipinski definition) is 5. The number of carbonyl (C=O) groups excluding carboxylic acids is 1. The number of aromatic nitrogens is 2. The number of hydrogen-bond donors (Lipinski definition) is 1. The van der Waals surface area contributed by atoms with E-state index in [1.165, 1.54) is 0 Å². The second-order valence-electron chi connectivity index (χ2n) is 7.83. The van der Waals surface area contributed by atoms with Crippen molar-refractivity contribution < 1.29 is 19.4 Å². The molecule has 0 amide bonds. The van der Waals surface area contributed by atoms with E-state index in [1.807, 2.05) is 42.9 Å². The molecule has 30 heavy (non-hydrogen) atoms. The number of aryl methyl sites for hydroxylation is 1. The van der Waals surface area contributed by atoms with Crippen LogP contribution in [-0.2, 0) is 6.54 Å². The summed E-state index contributed by atoms with van der Waals surface area (Å²) in [7, 11) is 0. The Morgan fingerprint density at radius 1 is 1.30 bits per heavy atom. The van der Waals surface area contributed by atoms with Crippen molar-refractivity contribution in [1.29, 1.82) is 0 Å². The lowest BCUT2D eigenvalue weighted by Crippen LogP contribution is -2.20. The first-order valence-corrected chi connectivity index (χ1v) is 10.1. The van der Waals surface area contributed by atoms with E-state index in [1.54, 1.807) is 37.3 Å². The van der Waals surface area contributed by atoms with Gasteiger partial charge in [0, 0.05) is 24.2 Å². The van der Waals surface area contributed by atoms with Gasteiger partial charge in [0.15, 0.2) is 0 Å². The molecule has 0 aliphatic carbocycles. The van der Waals surface area contributed by atoms with Gasteiger partial charge in [0.05, 0.1) is 17.2 Å². The molecule has 1 unspecified atom stereocenters. The predicted octanol–water partition coefficient (Wildman–Crippen LogP) is 4.76. The van der Waals surface area contributed by atoms with Crippen molar-refractivity contribution in [3.05, 3.63) is 66.9 Å². The largest absolute Gasteiger partial charge is 0.490 e. The fourth-order valence-corrected chi connectivity index (χ4v) is 3.08. The van der Waals surface area contributed by atoms with Gasteiger partial charge in [-0.3, -0.25) is 4.68 Å². The maximum atomic E-state index is 12.8. The molecule has 0 aliphatic heterocycles. The summed E-state index contributed by atoms with van der Waals surface area (Å²) >= 11 is 0. The van der Waals surface area contributed by atoms with Crippen LogP contribution in [0.5, 0.6) is 11.5 Å². The van der Waals surface area contributed by atoms with Gasteiger partial charge in [-0.2, -0.15) is 5.10 Å². The summed E-state index contributed by atoms with van der Waals surface area (Å²) in [6, 6.07) is 12.5. The first-order valence-electron chi connectivity index (χ1n) is 10.1. The Hall–Kier alpha value is -3.12. The van der Waals surface area contributed by atoms with Crippen molar-refractivity contribution in [2.45, 2.75) is 51.9 Å². The lowest BCUT2D eigenvalue weighted by Gasteiger charge is -2.17. The molecule has 0 spiro atoms. The Balaban J connectivity index is 1.85. The molecule has 6 nitrogen and oxygen atoms in total. The van der Waals surface area contributed by atoms with E-state index in [0.717, 1.165) is 17.3 Å². The first-order chi connectivity index (χ1) is 14.3. The Labute approximate surface area is 176 Å². The minimum absolute atomic E-state index is 0.103. The average Bonchev–Trinajstić information content (AvgIpc) is 3.09. The number of rotatable bonds is 9. The summed E-state index contributed by atoms with van der Waals surface area (Å²) in [4.78, 5) is 12.8. The Bertz CT molecular complexity index is 1020. The molecule has 1 aromatic heterocycles. The minimum atomic E-state index is -0.890. The number of carbonyl (C=O) groups is 1. The normalized spacial score (nSPS) is 13.2. The van der Waals surface area contributed by atoms with E-state index in [-0.39, 0.29) is 6.10 Å². The van der Waals surface area contributed by atoms with Crippen molar-refractivity contribution in [1.82, 2.24) is 9.78 Å². The Kier molecular flexibility index (Phi) is 6.57. The lowest BCUT2D eigenvalue weighted by molar-refractivity contribution is 0.0728. The molecule has 3 aromatic rings. The molecule has 0 radical (unpaired) electrons. The molecular weight excluding hydrogens is 380 g/mol. The van der Waals surface area contributed by atoms with Gasteiger partial charge in [-0.25, -0.2) is 4.79 Å². The standard InChI is InChI=1S/C24H28N2O4/c1-5-24(4,28)12-9-13-26-16-18-14-20(22(29-17(2)3)15-21(18)25-26)23(27)30-19-10-7-6-8-11-19/h5-8,10-11,14-17,28H,1,9,12-13H2,2-4H3. The van der Waals surface area contributed by atoms with Crippen LogP contribution in [-0.4, -0.2) is 32.6 Å². The molecule has 0 fully saturated rings. The molecule has 3 rings (SSSR count). The smallest absolute Gasteiger partial charge is 0.347 e. The Morgan fingerprint density at radius 2 is 2.03 bits per heavy atom. The fraction of sp³-hybridized carbons (Fsp3) is 0.333. The lowest BCUT2D eigenvalue weighted by atomic mass is 10.0. The average molecular weight is 408 g/mol. The second kappa shape index (κ2) is 9.13. The summed E-state index contributed by atoms with van der Waals surface area (Å²) in [5.41, 5.74) is 0.200. The molecule has 0 saturated carbocycles. The molecule has 2 aromatic carbocycles. The number of para-hydroxylation sites is 1. The molecule has 0 saturated heterocycles. The van der Waals surface area contributed by atoms with Crippen molar-refractivity contribution in [2.24, 2.45) is 0 Å². The van der Waals surface area contributed by atoms with E-state index >= 15 is 0 Å². The zero-order valence-corrected chi connectivity index (χ0v) is 17.7. The topological polar surface area (TPSA) is 73.6 Å². The van der Waals surface area contributed by atoms with Gasteiger partial charge >= 0.3 is 5.97 Å². The third kappa shape index (κ3) is 5.48. The summed E-state index contributed by atoms with van der Waals surface area (Å²) in [6.07, 6.45) is 4.66. The summed E-state index contributed by atoms with van der Waals surface area (Å²) in [5, 5.41) is 15.5. The third-order valence-electron chi connectivity index (χ3n) is 4.70. The van der Waals surface area contributed by atoms with Crippen LogP contribution in [0.25, 0.3) is 10.9 Å². The van der Waals surface area contributed by atoms with Crippen LogP contribution in [0.15, 0.2) is 61.3 Å². The first kappa shape index (κ1) is 21.6.